The number of carbonyl (C=O) groups is 1. The highest BCUT2D eigenvalue weighted by Crippen LogP contribution is 2.37. The molecule has 1 heterocycles. The van der Waals surface area contributed by atoms with E-state index in [4.69, 9.17) is 10.9 Å². The lowest BCUT2D eigenvalue weighted by atomic mass is 9.74. The van der Waals surface area contributed by atoms with Crippen LogP contribution in [0.15, 0.2) is 5.16 Å². The molecule has 1 aliphatic carbocycles. The van der Waals surface area contributed by atoms with Crippen LogP contribution in [0.3, 0.4) is 0 Å². The van der Waals surface area contributed by atoms with Gasteiger partial charge < -0.3 is 15.8 Å². The summed E-state index contributed by atoms with van der Waals surface area (Å²) in [5, 5.41) is 12.0. The van der Waals surface area contributed by atoms with Gasteiger partial charge in [-0.15, -0.1) is 0 Å². The summed E-state index contributed by atoms with van der Waals surface area (Å²) in [7, 11) is 0. The summed E-state index contributed by atoms with van der Waals surface area (Å²) in [6.45, 7) is 5.34. The molecule has 3 N–H and O–H groups in total. The third kappa shape index (κ3) is 2.63. The Labute approximate surface area is 121 Å². The molecule has 2 fully saturated rings. The van der Waals surface area contributed by atoms with Gasteiger partial charge in [0.15, 0.2) is 5.84 Å². The topological polar surface area (TPSA) is 78.9 Å². The summed E-state index contributed by atoms with van der Waals surface area (Å²) in [5.74, 6) is 1.48. The molecule has 5 nitrogen and oxygen atoms in total. The standard InChI is InChI=1S/C15H27N3O2/c1-3-15(2,13(16)17-20)14(19)18-9-8-11-6-4-5-7-12(11)10-18/h11-12,20H,3-10H2,1-2H3,(H2,16,17). The average molecular weight is 281 g/mol. The van der Waals surface area contributed by atoms with Gasteiger partial charge in [0.25, 0.3) is 0 Å². The lowest BCUT2D eigenvalue weighted by Crippen LogP contribution is -2.53. The number of fused-ring (bicyclic) bond motifs is 1. The van der Waals surface area contributed by atoms with E-state index in [-0.39, 0.29) is 11.7 Å². The first-order valence-electron chi connectivity index (χ1n) is 7.80. The molecule has 20 heavy (non-hydrogen) atoms. The van der Waals surface area contributed by atoms with Crippen molar-refractivity contribution in [2.45, 2.75) is 52.4 Å². The molecule has 5 heteroatoms. The molecule has 3 atom stereocenters. The molecule has 1 aliphatic heterocycles. The van der Waals surface area contributed by atoms with Crippen LogP contribution in [0.4, 0.5) is 0 Å². The van der Waals surface area contributed by atoms with Crippen molar-refractivity contribution in [2.75, 3.05) is 13.1 Å². The second-order valence-electron chi connectivity index (χ2n) is 6.52. The molecular weight excluding hydrogens is 254 g/mol. The van der Waals surface area contributed by atoms with E-state index in [1.807, 2.05) is 11.8 Å². The van der Waals surface area contributed by atoms with Crippen molar-refractivity contribution >= 4 is 11.7 Å². The number of oxime groups is 1. The molecule has 2 aliphatic rings. The summed E-state index contributed by atoms with van der Waals surface area (Å²) in [6.07, 6.45) is 6.83. The van der Waals surface area contributed by atoms with Crippen LogP contribution in [-0.2, 0) is 4.79 Å². The predicted octanol–water partition coefficient (Wildman–Crippen LogP) is 2.19. The van der Waals surface area contributed by atoms with Crippen molar-refractivity contribution in [2.24, 2.45) is 28.1 Å². The molecule has 3 unspecified atom stereocenters. The third-order valence-electron chi connectivity index (χ3n) is 5.43. The van der Waals surface area contributed by atoms with Crippen molar-refractivity contribution in [1.82, 2.24) is 4.90 Å². The summed E-state index contributed by atoms with van der Waals surface area (Å²) in [6, 6.07) is 0. The second kappa shape index (κ2) is 6.02. The van der Waals surface area contributed by atoms with Gasteiger partial charge in [-0.1, -0.05) is 31.3 Å². The summed E-state index contributed by atoms with van der Waals surface area (Å²) < 4.78 is 0. The number of nitrogens with two attached hydrogens (primary N) is 1. The number of piperidine rings is 1. The molecular formula is C15H27N3O2. The van der Waals surface area contributed by atoms with E-state index in [2.05, 4.69) is 5.16 Å². The lowest BCUT2D eigenvalue weighted by molar-refractivity contribution is -0.141. The predicted molar refractivity (Wildman–Crippen MR) is 78.5 cm³/mol. The molecule has 0 aromatic carbocycles. The van der Waals surface area contributed by atoms with Crippen LogP contribution < -0.4 is 5.73 Å². The Bertz CT molecular complexity index is 397. The number of likely N-dealkylation sites (tertiary alicyclic amines) is 1. The van der Waals surface area contributed by atoms with E-state index in [1.54, 1.807) is 6.92 Å². The maximum atomic E-state index is 12.8. The van der Waals surface area contributed by atoms with E-state index in [0.29, 0.717) is 12.3 Å². The van der Waals surface area contributed by atoms with Crippen LogP contribution in [0.1, 0.15) is 52.4 Å². The minimum Gasteiger partial charge on any atom is -0.409 e. The van der Waals surface area contributed by atoms with Crippen molar-refractivity contribution in [3.05, 3.63) is 0 Å². The van der Waals surface area contributed by atoms with Crippen molar-refractivity contribution < 1.29 is 10.0 Å². The number of hydrogen-bond donors (Lipinski definition) is 2. The van der Waals surface area contributed by atoms with Gasteiger partial charge in [-0.05, 0) is 38.0 Å². The van der Waals surface area contributed by atoms with E-state index in [0.717, 1.165) is 25.4 Å². The number of amidine groups is 1. The van der Waals surface area contributed by atoms with E-state index < -0.39 is 5.41 Å². The van der Waals surface area contributed by atoms with Gasteiger partial charge in [0, 0.05) is 13.1 Å². The number of nitrogens with zero attached hydrogens (tertiary/aromatic N) is 2. The van der Waals surface area contributed by atoms with Crippen LogP contribution in [0.25, 0.3) is 0 Å². The zero-order valence-electron chi connectivity index (χ0n) is 12.6. The Kier molecular flexibility index (Phi) is 4.55. The van der Waals surface area contributed by atoms with Gasteiger partial charge >= 0.3 is 0 Å². The van der Waals surface area contributed by atoms with Crippen LogP contribution in [0, 0.1) is 17.3 Å². The van der Waals surface area contributed by atoms with E-state index >= 15 is 0 Å². The summed E-state index contributed by atoms with van der Waals surface area (Å²) in [5.41, 5.74) is 4.88. The molecule has 2 rings (SSSR count). The Morgan fingerprint density at radius 2 is 2.00 bits per heavy atom. The van der Waals surface area contributed by atoms with Crippen molar-refractivity contribution in [3.63, 3.8) is 0 Å². The second-order valence-corrected chi connectivity index (χ2v) is 6.52. The molecule has 114 valence electrons. The molecule has 1 amide bonds. The zero-order valence-corrected chi connectivity index (χ0v) is 12.6. The zero-order chi connectivity index (χ0) is 14.8. The van der Waals surface area contributed by atoms with Crippen LogP contribution >= 0.6 is 0 Å². The molecule has 0 radical (unpaired) electrons. The molecule has 0 aromatic heterocycles. The van der Waals surface area contributed by atoms with Gasteiger partial charge in [0.1, 0.15) is 5.41 Å². The fourth-order valence-corrected chi connectivity index (χ4v) is 3.69. The number of hydrogen-bond acceptors (Lipinski definition) is 3. The average Bonchev–Trinajstić information content (AvgIpc) is 2.52. The minimum absolute atomic E-state index is 0.0133. The Hall–Kier alpha value is -1.26. The highest BCUT2D eigenvalue weighted by atomic mass is 16.4. The van der Waals surface area contributed by atoms with Crippen LogP contribution in [-0.4, -0.2) is 34.9 Å². The quantitative estimate of drug-likeness (QED) is 0.360. The van der Waals surface area contributed by atoms with E-state index in [1.165, 1.54) is 25.7 Å². The fourth-order valence-electron chi connectivity index (χ4n) is 3.69. The molecule has 0 bridgehead atoms. The van der Waals surface area contributed by atoms with Gasteiger partial charge in [0.05, 0.1) is 0 Å². The Morgan fingerprint density at radius 1 is 1.35 bits per heavy atom. The molecule has 1 saturated heterocycles. The van der Waals surface area contributed by atoms with Gasteiger partial charge in [-0.25, -0.2) is 0 Å². The monoisotopic (exact) mass is 281 g/mol. The third-order valence-corrected chi connectivity index (χ3v) is 5.43. The van der Waals surface area contributed by atoms with Gasteiger partial charge in [-0.3, -0.25) is 4.79 Å². The maximum Gasteiger partial charge on any atom is 0.236 e. The normalized spacial score (nSPS) is 30.5. The first-order chi connectivity index (χ1) is 9.52. The van der Waals surface area contributed by atoms with Crippen molar-refractivity contribution in [3.8, 4) is 0 Å². The summed E-state index contributed by atoms with van der Waals surface area (Å²) in [4.78, 5) is 14.7. The highest BCUT2D eigenvalue weighted by molar-refractivity contribution is 6.06. The number of carbonyl (C=O) groups excluding carboxylic acids is 1. The highest BCUT2D eigenvalue weighted by Gasteiger charge is 2.42. The molecule has 1 saturated carbocycles. The number of amides is 1. The fraction of sp³-hybridized carbons (Fsp3) is 0.867. The van der Waals surface area contributed by atoms with Crippen molar-refractivity contribution in [1.29, 1.82) is 0 Å². The molecule has 0 spiro atoms. The van der Waals surface area contributed by atoms with Gasteiger partial charge in [0.2, 0.25) is 5.91 Å². The van der Waals surface area contributed by atoms with E-state index in [9.17, 15) is 4.79 Å². The smallest absolute Gasteiger partial charge is 0.236 e. The first-order valence-corrected chi connectivity index (χ1v) is 7.80. The lowest BCUT2D eigenvalue weighted by Gasteiger charge is -2.43. The Morgan fingerprint density at radius 3 is 2.60 bits per heavy atom. The molecule has 0 aromatic rings. The van der Waals surface area contributed by atoms with Crippen LogP contribution in [0.2, 0.25) is 0 Å². The van der Waals surface area contributed by atoms with Gasteiger partial charge in [-0.2, -0.15) is 0 Å². The first kappa shape index (κ1) is 15.1. The van der Waals surface area contributed by atoms with Crippen LogP contribution in [0.5, 0.6) is 0 Å². The summed E-state index contributed by atoms with van der Waals surface area (Å²) >= 11 is 0. The maximum absolute atomic E-state index is 12.8. The largest absolute Gasteiger partial charge is 0.409 e. The Balaban J connectivity index is 2.09. The SMILES string of the molecule is CCC(C)(C(=O)N1CCC2CCCCC2C1)C(N)=NO. The minimum atomic E-state index is -0.879. The number of rotatable bonds is 3.